The van der Waals surface area contributed by atoms with Gasteiger partial charge in [0.1, 0.15) is 11.5 Å². The van der Waals surface area contributed by atoms with Crippen molar-refractivity contribution < 1.29 is 22.7 Å². The van der Waals surface area contributed by atoms with Gasteiger partial charge in [-0.15, -0.1) is 0 Å². The van der Waals surface area contributed by atoms with Gasteiger partial charge >= 0.3 is 0 Å². The van der Waals surface area contributed by atoms with Crippen LogP contribution in [0.4, 0.5) is 0 Å². The third kappa shape index (κ3) is 6.28. The molecule has 3 aromatic carbocycles. The predicted octanol–water partition coefficient (Wildman–Crippen LogP) is 6.59. The predicted molar refractivity (Wildman–Crippen MR) is 139 cm³/mol. The summed E-state index contributed by atoms with van der Waals surface area (Å²) in [6.07, 6.45) is 1.15. The Balaban J connectivity index is 1.85. The quantitative estimate of drug-likeness (QED) is 0.325. The maximum atomic E-state index is 13.2. The zero-order chi connectivity index (χ0) is 25.9. The van der Waals surface area contributed by atoms with Crippen LogP contribution in [0.15, 0.2) is 59.5 Å². The molecule has 0 fully saturated rings. The van der Waals surface area contributed by atoms with Gasteiger partial charge < -0.3 is 14.4 Å². The normalized spacial score (nSPS) is 11.4. The SMILES string of the molecule is COc1ccc(Oc2c(Cl)ccc(C(=O)N(C)Cc3ccc(S(C)(=O)=O)cc3)c2Cl)cc1C(C)C. The van der Waals surface area contributed by atoms with E-state index in [1.54, 1.807) is 44.5 Å². The van der Waals surface area contributed by atoms with Crippen molar-refractivity contribution in [3.8, 4) is 17.2 Å². The molecule has 9 heteroatoms. The van der Waals surface area contributed by atoms with Gasteiger partial charge in [-0.2, -0.15) is 0 Å². The highest BCUT2D eigenvalue weighted by atomic mass is 35.5. The molecule has 0 spiro atoms. The number of ether oxygens (including phenoxy) is 2. The summed E-state index contributed by atoms with van der Waals surface area (Å²) in [5, 5.41) is 0.371. The lowest BCUT2D eigenvalue weighted by Gasteiger charge is -2.20. The average Bonchev–Trinajstić information content (AvgIpc) is 2.81. The molecule has 0 aromatic heterocycles. The number of hydrogen-bond donors (Lipinski definition) is 0. The fraction of sp³-hybridized carbons (Fsp3) is 0.269. The topological polar surface area (TPSA) is 72.9 Å². The van der Waals surface area contributed by atoms with Crippen LogP contribution in [0.5, 0.6) is 17.2 Å². The van der Waals surface area contributed by atoms with E-state index in [0.29, 0.717) is 5.75 Å². The van der Waals surface area contributed by atoms with Crippen molar-refractivity contribution >= 4 is 38.9 Å². The lowest BCUT2D eigenvalue weighted by Crippen LogP contribution is -2.26. The molecule has 0 atom stereocenters. The molecule has 3 rings (SSSR count). The van der Waals surface area contributed by atoms with E-state index in [9.17, 15) is 13.2 Å². The number of nitrogens with zero attached hydrogens (tertiary/aromatic N) is 1. The van der Waals surface area contributed by atoms with Crippen molar-refractivity contribution in [2.45, 2.75) is 31.2 Å². The maximum Gasteiger partial charge on any atom is 0.255 e. The number of halogens is 2. The number of methoxy groups -OCH3 is 1. The van der Waals surface area contributed by atoms with Gasteiger partial charge in [-0.05, 0) is 53.9 Å². The third-order valence-electron chi connectivity index (χ3n) is 5.44. The summed E-state index contributed by atoms with van der Waals surface area (Å²) in [6.45, 7) is 4.35. The lowest BCUT2D eigenvalue weighted by atomic mass is 10.0. The zero-order valence-electron chi connectivity index (χ0n) is 20.1. The Bertz CT molecular complexity index is 1340. The summed E-state index contributed by atoms with van der Waals surface area (Å²) in [5.41, 5.74) is 1.97. The molecule has 3 aromatic rings. The molecule has 0 unspecified atom stereocenters. The van der Waals surface area contributed by atoms with Gasteiger partial charge in [-0.3, -0.25) is 4.79 Å². The summed E-state index contributed by atoms with van der Waals surface area (Å²) in [5.74, 6) is 1.32. The smallest absolute Gasteiger partial charge is 0.255 e. The molecular weight excluding hydrogens is 509 g/mol. The van der Waals surface area contributed by atoms with Crippen molar-refractivity contribution in [1.82, 2.24) is 4.90 Å². The maximum absolute atomic E-state index is 13.2. The zero-order valence-corrected chi connectivity index (χ0v) is 22.5. The molecule has 0 N–H and O–H groups in total. The van der Waals surface area contributed by atoms with Crippen molar-refractivity contribution in [2.75, 3.05) is 20.4 Å². The Morgan fingerprint density at radius 2 is 1.69 bits per heavy atom. The van der Waals surface area contributed by atoms with Crippen LogP contribution < -0.4 is 9.47 Å². The van der Waals surface area contributed by atoms with Crippen molar-refractivity contribution in [1.29, 1.82) is 0 Å². The van der Waals surface area contributed by atoms with Gasteiger partial charge in [-0.1, -0.05) is 49.2 Å². The summed E-state index contributed by atoms with van der Waals surface area (Å²) in [6, 6.07) is 14.9. The van der Waals surface area contributed by atoms with Crippen molar-refractivity contribution in [3.05, 3.63) is 81.3 Å². The summed E-state index contributed by atoms with van der Waals surface area (Å²) in [4.78, 5) is 14.9. The molecule has 0 bridgehead atoms. The minimum Gasteiger partial charge on any atom is -0.496 e. The van der Waals surface area contributed by atoms with E-state index in [4.69, 9.17) is 32.7 Å². The molecular formula is C26H27Cl2NO5S. The molecule has 0 aliphatic carbocycles. The molecule has 6 nitrogen and oxygen atoms in total. The molecule has 0 radical (unpaired) electrons. The summed E-state index contributed by atoms with van der Waals surface area (Å²) < 4.78 is 34.8. The molecule has 1 amide bonds. The summed E-state index contributed by atoms with van der Waals surface area (Å²) >= 11 is 13.0. The fourth-order valence-corrected chi connectivity index (χ4v) is 4.69. The van der Waals surface area contributed by atoms with Crippen LogP contribution in [0.3, 0.4) is 0 Å². The van der Waals surface area contributed by atoms with Crippen LogP contribution >= 0.6 is 23.2 Å². The minimum absolute atomic E-state index is 0.101. The van der Waals surface area contributed by atoms with E-state index in [2.05, 4.69) is 0 Å². The van der Waals surface area contributed by atoms with Crippen LogP contribution in [0.25, 0.3) is 0 Å². The first-order chi connectivity index (χ1) is 16.4. The van der Waals surface area contributed by atoms with E-state index < -0.39 is 9.84 Å². The Hall–Kier alpha value is -2.74. The number of carbonyl (C=O) groups is 1. The van der Waals surface area contributed by atoms with Gasteiger partial charge in [-0.25, -0.2) is 8.42 Å². The Labute approximate surface area is 216 Å². The van der Waals surface area contributed by atoms with E-state index in [-0.39, 0.29) is 44.6 Å². The number of amides is 1. The molecule has 35 heavy (non-hydrogen) atoms. The Kier molecular flexibility index (Phi) is 8.36. The van der Waals surface area contributed by atoms with E-state index in [0.717, 1.165) is 23.1 Å². The molecule has 0 aliphatic rings. The first kappa shape index (κ1) is 26.9. The van der Waals surface area contributed by atoms with Crippen molar-refractivity contribution in [2.24, 2.45) is 0 Å². The molecule has 0 saturated heterocycles. The Morgan fingerprint density at radius 3 is 2.26 bits per heavy atom. The first-order valence-corrected chi connectivity index (χ1v) is 13.4. The molecule has 0 heterocycles. The van der Waals surface area contributed by atoms with Crippen LogP contribution in [-0.4, -0.2) is 39.6 Å². The number of rotatable bonds is 8. The van der Waals surface area contributed by atoms with Gasteiger partial charge in [0.25, 0.3) is 5.91 Å². The second kappa shape index (κ2) is 10.9. The highest BCUT2D eigenvalue weighted by Crippen LogP contribution is 2.40. The average molecular weight is 536 g/mol. The number of benzene rings is 3. The summed E-state index contributed by atoms with van der Waals surface area (Å²) in [7, 11) is -0.0429. The highest BCUT2D eigenvalue weighted by Gasteiger charge is 2.22. The van der Waals surface area contributed by atoms with Crippen LogP contribution in [-0.2, 0) is 16.4 Å². The second-order valence-corrected chi connectivity index (χ2v) is 11.3. The van der Waals surface area contributed by atoms with Gasteiger partial charge in [0.2, 0.25) is 0 Å². The molecule has 186 valence electrons. The van der Waals surface area contributed by atoms with Crippen LogP contribution in [0.1, 0.15) is 41.3 Å². The van der Waals surface area contributed by atoms with E-state index >= 15 is 0 Å². The number of carbonyl (C=O) groups excluding carboxylic acids is 1. The van der Waals surface area contributed by atoms with Gasteiger partial charge in [0.15, 0.2) is 15.6 Å². The Morgan fingerprint density at radius 1 is 1.03 bits per heavy atom. The van der Waals surface area contributed by atoms with Crippen LogP contribution in [0, 0.1) is 0 Å². The van der Waals surface area contributed by atoms with Gasteiger partial charge in [0.05, 0.1) is 27.6 Å². The standard InChI is InChI=1S/C26H27Cl2NO5S/c1-16(2)21-14-18(8-13-23(21)33-4)34-25-22(27)12-11-20(24(25)28)26(30)29(3)15-17-6-9-19(10-7-17)35(5,31)32/h6-14,16H,15H2,1-5H3. The first-order valence-electron chi connectivity index (χ1n) is 10.8. The second-order valence-electron chi connectivity index (χ2n) is 8.48. The van der Waals surface area contributed by atoms with Gasteiger partial charge in [0, 0.05) is 25.4 Å². The van der Waals surface area contributed by atoms with Crippen molar-refractivity contribution in [3.63, 3.8) is 0 Å². The third-order valence-corrected chi connectivity index (χ3v) is 7.24. The fourth-order valence-electron chi connectivity index (χ4n) is 3.53. The monoisotopic (exact) mass is 535 g/mol. The number of hydrogen-bond acceptors (Lipinski definition) is 5. The minimum atomic E-state index is -3.29. The van der Waals surface area contributed by atoms with E-state index in [1.807, 2.05) is 26.0 Å². The van der Waals surface area contributed by atoms with Crippen LogP contribution in [0.2, 0.25) is 10.0 Å². The van der Waals surface area contributed by atoms with E-state index in [1.165, 1.54) is 17.0 Å². The molecule has 0 saturated carbocycles. The lowest BCUT2D eigenvalue weighted by molar-refractivity contribution is 0.0785. The number of sulfone groups is 1. The highest BCUT2D eigenvalue weighted by molar-refractivity contribution is 7.90. The largest absolute Gasteiger partial charge is 0.496 e. The molecule has 0 aliphatic heterocycles.